The van der Waals surface area contributed by atoms with Crippen molar-refractivity contribution >= 4 is 29.1 Å². The highest BCUT2D eigenvalue weighted by Gasteiger charge is 2.38. The van der Waals surface area contributed by atoms with Gasteiger partial charge < -0.3 is 20.9 Å². The van der Waals surface area contributed by atoms with Crippen LogP contribution in [0.1, 0.15) is 48.2 Å². The zero-order valence-corrected chi connectivity index (χ0v) is 20.3. The number of aryl methyl sites for hydroxylation is 1. The fourth-order valence-electron chi connectivity index (χ4n) is 5.10. The highest BCUT2D eigenvalue weighted by molar-refractivity contribution is 6.08. The van der Waals surface area contributed by atoms with Crippen LogP contribution in [0, 0.1) is 18.3 Å². The highest BCUT2D eigenvalue weighted by atomic mass is 16.2. The van der Waals surface area contributed by atoms with Crippen LogP contribution in [-0.2, 0) is 16.0 Å². The van der Waals surface area contributed by atoms with Gasteiger partial charge in [-0.3, -0.25) is 14.4 Å². The lowest BCUT2D eigenvalue weighted by molar-refractivity contribution is -0.132. The number of hydrogen-bond donors (Lipinski definition) is 2. The van der Waals surface area contributed by atoms with Gasteiger partial charge in [-0.05, 0) is 67.5 Å². The molecule has 2 heterocycles. The van der Waals surface area contributed by atoms with Crippen LogP contribution in [0.15, 0.2) is 42.5 Å². The minimum absolute atomic E-state index is 0.0620. The van der Waals surface area contributed by atoms with Crippen molar-refractivity contribution in [2.45, 2.75) is 40.0 Å². The first kappa shape index (κ1) is 23.8. The molecule has 7 nitrogen and oxygen atoms in total. The van der Waals surface area contributed by atoms with E-state index in [2.05, 4.69) is 23.2 Å². The standard InChI is InChI=1S/C27H34N4O3/c1-18-10-12-30(17-18)21-8-9-22(19(2)14-21)25(33)31-13-11-27(3,26(34)29-16-24(28)32)15-20-6-4-5-7-23(20)31/h4-9,14,18H,10-13,15-17H2,1-3H3,(H2,28,32)(H,29,34)/t18-,27?/m0/s1. The van der Waals surface area contributed by atoms with Crippen molar-refractivity contribution in [3.8, 4) is 0 Å². The molecule has 2 aliphatic heterocycles. The average Bonchev–Trinajstić information content (AvgIpc) is 3.17. The molecular formula is C27H34N4O3. The Balaban J connectivity index is 1.60. The smallest absolute Gasteiger partial charge is 0.258 e. The minimum atomic E-state index is -0.758. The van der Waals surface area contributed by atoms with Crippen LogP contribution in [0.4, 0.5) is 11.4 Å². The second-order valence-electron chi connectivity index (χ2n) is 10.1. The number of primary amides is 1. The van der Waals surface area contributed by atoms with Gasteiger partial charge in [0.25, 0.3) is 5.91 Å². The lowest BCUT2D eigenvalue weighted by Gasteiger charge is -2.27. The van der Waals surface area contributed by atoms with E-state index < -0.39 is 11.3 Å². The van der Waals surface area contributed by atoms with E-state index in [0.29, 0.717) is 30.9 Å². The molecule has 0 saturated carbocycles. The summed E-state index contributed by atoms with van der Waals surface area (Å²) in [6, 6.07) is 13.8. The van der Waals surface area contributed by atoms with E-state index in [-0.39, 0.29) is 18.4 Å². The van der Waals surface area contributed by atoms with Gasteiger partial charge in [-0.2, -0.15) is 0 Å². The quantitative estimate of drug-likeness (QED) is 0.714. The molecule has 3 N–H and O–H groups in total. The maximum Gasteiger partial charge on any atom is 0.258 e. The molecule has 2 atom stereocenters. The second-order valence-corrected chi connectivity index (χ2v) is 10.1. The molecule has 180 valence electrons. The minimum Gasteiger partial charge on any atom is -0.371 e. The van der Waals surface area contributed by atoms with E-state index in [0.717, 1.165) is 35.6 Å². The third-order valence-electron chi connectivity index (χ3n) is 7.20. The van der Waals surface area contributed by atoms with Crippen molar-refractivity contribution < 1.29 is 14.4 Å². The Morgan fingerprint density at radius 2 is 1.91 bits per heavy atom. The summed E-state index contributed by atoms with van der Waals surface area (Å²) in [5.74, 6) is -0.182. The number of anilines is 2. The van der Waals surface area contributed by atoms with Crippen LogP contribution in [0.5, 0.6) is 0 Å². The zero-order valence-electron chi connectivity index (χ0n) is 20.3. The average molecular weight is 463 g/mol. The molecule has 4 rings (SSSR count). The lowest BCUT2D eigenvalue weighted by atomic mass is 9.80. The molecule has 3 amide bonds. The Morgan fingerprint density at radius 1 is 1.15 bits per heavy atom. The Kier molecular flexibility index (Phi) is 6.64. The number of para-hydroxylation sites is 1. The SMILES string of the molecule is Cc1cc(N2CC[C@H](C)C2)ccc1C(=O)N1CCC(C)(C(=O)NCC(N)=O)Cc2ccccc21. The number of nitrogens with zero attached hydrogens (tertiary/aromatic N) is 2. The second kappa shape index (κ2) is 9.49. The predicted octanol–water partition coefficient (Wildman–Crippen LogP) is 3.04. The van der Waals surface area contributed by atoms with Gasteiger partial charge in [-0.25, -0.2) is 0 Å². The summed E-state index contributed by atoms with van der Waals surface area (Å²) >= 11 is 0. The van der Waals surface area contributed by atoms with Crippen LogP contribution in [-0.4, -0.2) is 43.9 Å². The number of benzene rings is 2. The molecule has 1 unspecified atom stereocenters. The van der Waals surface area contributed by atoms with E-state index in [1.54, 1.807) is 4.90 Å². The van der Waals surface area contributed by atoms with Gasteiger partial charge >= 0.3 is 0 Å². The molecule has 7 heteroatoms. The summed E-state index contributed by atoms with van der Waals surface area (Å²) in [5.41, 5.74) is 9.00. The summed E-state index contributed by atoms with van der Waals surface area (Å²) < 4.78 is 0. The lowest BCUT2D eigenvalue weighted by Crippen LogP contribution is -2.44. The van der Waals surface area contributed by atoms with Gasteiger partial charge in [-0.15, -0.1) is 0 Å². The van der Waals surface area contributed by atoms with Crippen LogP contribution >= 0.6 is 0 Å². The fraction of sp³-hybridized carbons (Fsp3) is 0.444. The number of rotatable bonds is 5. The van der Waals surface area contributed by atoms with Crippen molar-refractivity contribution in [1.29, 1.82) is 0 Å². The maximum atomic E-state index is 13.8. The first-order valence-corrected chi connectivity index (χ1v) is 12.0. The molecule has 0 aromatic heterocycles. The number of nitrogens with one attached hydrogen (secondary N) is 1. The summed E-state index contributed by atoms with van der Waals surface area (Å²) in [7, 11) is 0. The molecule has 2 aromatic carbocycles. The van der Waals surface area contributed by atoms with Crippen LogP contribution < -0.4 is 20.9 Å². The molecule has 2 aromatic rings. The normalized spacial score (nSPS) is 22.1. The first-order chi connectivity index (χ1) is 16.2. The molecule has 0 bridgehead atoms. The fourth-order valence-corrected chi connectivity index (χ4v) is 5.10. The zero-order chi connectivity index (χ0) is 24.5. The molecule has 1 saturated heterocycles. The van der Waals surface area contributed by atoms with Crippen LogP contribution in [0.2, 0.25) is 0 Å². The molecule has 1 fully saturated rings. The number of carbonyl (C=O) groups excluding carboxylic acids is 3. The van der Waals surface area contributed by atoms with E-state index >= 15 is 0 Å². The van der Waals surface area contributed by atoms with Crippen molar-refractivity contribution in [2.75, 3.05) is 36.0 Å². The Bertz CT molecular complexity index is 1110. The molecular weight excluding hydrogens is 428 g/mol. The van der Waals surface area contributed by atoms with Crippen molar-refractivity contribution in [3.05, 3.63) is 59.2 Å². The number of carbonyl (C=O) groups is 3. The molecule has 0 spiro atoms. The van der Waals surface area contributed by atoms with Crippen molar-refractivity contribution in [1.82, 2.24) is 5.32 Å². The van der Waals surface area contributed by atoms with Gasteiger partial charge in [0.2, 0.25) is 11.8 Å². The Labute approximate surface area is 201 Å². The summed E-state index contributed by atoms with van der Waals surface area (Å²) in [6.45, 7) is 8.43. The molecule has 34 heavy (non-hydrogen) atoms. The number of amides is 3. The van der Waals surface area contributed by atoms with Crippen LogP contribution in [0.3, 0.4) is 0 Å². The predicted molar refractivity (Wildman–Crippen MR) is 134 cm³/mol. The summed E-state index contributed by atoms with van der Waals surface area (Å²) in [5, 5.41) is 2.65. The third kappa shape index (κ3) is 4.79. The van der Waals surface area contributed by atoms with E-state index in [1.165, 1.54) is 6.42 Å². The molecule has 2 aliphatic rings. The van der Waals surface area contributed by atoms with Crippen molar-refractivity contribution in [3.63, 3.8) is 0 Å². The van der Waals surface area contributed by atoms with Crippen molar-refractivity contribution in [2.24, 2.45) is 17.1 Å². The molecule has 0 aliphatic carbocycles. The number of nitrogens with two attached hydrogens (primary N) is 1. The number of hydrogen-bond acceptors (Lipinski definition) is 4. The maximum absolute atomic E-state index is 13.8. The van der Waals surface area contributed by atoms with E-state index in [9.17, 15) is 14.4 Å². The Morgan fingerprint density at radius 3 is 2.59 bits per heavy atom. The summed E-state index contributed by atoms with van der Waals surface area (Å²) in [4.78, 5) is 42.0. The largest absolute Gasteiger partial charge is 0.371 e. The van der Waals surface area contributed by atoms with Gasteiger partial charge in [0.1, 0.15) is 0 Å². The van der Waals surface area contributed by atoms with Gasteiger partial charge in [0.05, 0.1) is 12.0 Å². The topological polar surface area (TPSA) is 95.7 Å². The van der Waals surface area contributed by atoms with E-state index in [4.69, 9.17) is 5.73 Å². The molecule has 0 radical (unpaired) electrons. The first-order valence-electron chi connectivity index (χ1n) is 12.0. The van der Waals surface area contributed by atoms with Crippen LogP contribution in [0.25, 0.3) is 0 Å². The highest BCUT2D eigenvalue weighted by Crippen LogP contribution is 2.37. The van der Waals surface area contributed by atoms with Gasteiger partial charge in [0.15, 0.2) is 0 Å². The third-order valence-corrected chi connectivity index (χ3v) is 7.20. The summed E-state index contributed by atoms with van der Waals surface area (Å²) in [6.07, 6.45) is 2.14. The van der Waals surface area contributed by atoms with Gasteiger partial charge in [0, 0.05) is 36.6 Å². The monoisotopic (exact) mass is 462 g/mol. The van der Waals surface area contributed by atoms with Gasteiger partial charge in [-0.1, -0.05) is 32.0 Å². The van der Waals surface area contributed by atoms with E-state index in [1.807, 2.05) is 50.2 Å². The number of fused-ring (bicyclic) bond motifs is 1. The Hall–Kier alpha value is -3.35.